The molecule has 1 unspecified atom stereocenters. The molecule has 2 N–H and O–H groups in total. The Hall–Kier alpha value is -1.62. The molecule has 0 bridgehead atoms. The zero-order chi connectivity index (χ0) is 11.2. The van der Waals surface area contributed by atoms with E-state index in [9.17, 15) is 0 Å². The molecule has 1 atom stereocenters. The second kappa shape index (κ2) is 3.18. The Balaban J connectivity index is 1.93. The topological polar surface area (TPSA) is 78.1 Å². The summed E-state index contributed by atoms with van der Waals surface area (Å²) in [6, 6.07) is 1.79. The van der Waals surface area contributed by atoms with Gasteiger partial charge in [0.15, 0.2) is 0 Å². The third-order valence-electron chi connectivity index (χ3n) is 3.09. The van der Waals surface area contributed by atoms with Gasteiger partial charge < -0.3 is 14.7 Å². The van der Waals surface area contributed by atoms with E-state index in [1.54, 1.807) is 18.6 Å². The number of nitrogens with zero attached hydrogens (tertiary/aromatic N) is 2. The fourth-order valence-corrected chi connectivity index (χ4v) is 1.81. The lowest BCUT2D eigenvalue weighted by Gasteiger charge is -2.18. The van der Waals surface area contributed by atoms with E-state index in [1.807, 2.05) is 6.92 Å². The smallest absolute Gasteiger partial charge is 0.247 e. The van der Waals surface area contributed by atoms with E-state index in [0.29, 0.717) is 17.6 Å². The summed E-state index contributed by atoms with van der Waals surface area (Å²) in [6.07, 6.45) is 5.43. The van der Waals surface area contributed by atoms with Crippen LogP contribution >= 0.6 is 0 Å². The summed E-state index contributed by atoms with van der Waals surface area (Å²) >= 11 is 0. The highest BCUT2D eigenvalue weighted by Crippen LogP contribution is 2.43. The van der Waals surface area contributed by atoms with Crippen LogP contribution in [0.2, 0.25) is 0 Å². The Bertz CT molecular complexity index is 483. The molecule has 1 aliphatic rings. The first kappa shape index (κ1) is 9.59. The van der Waals surface area contributed by atoms with Crippen LogP contribution in [0.3, 0.4) is 0 Å². The highest BCUT2D eigenvalue weighted by molar-refractivity contribution is 5.51. The molecule has 1 fully saturated rings. The normalized spacial score (nSPS) is 19.6. The van der Waals surface area contributed by atoms with Crippen molar-refractivity contribution in [2.24, 2.45) is 11.7 Å². The van der Waals surface area contributed by atoms with Gasteiger partial charge in [-0.1, -0.05) is 5.16 Å². The van der Waals surface area contributed by atoms with Crippen molar-refractivity contribution in [1.29, 1.82) is 0 Å². The Kier molecular flexibility index (Phi) is 1.91. The van der Waals surface area contributed by atoms with Crippen LogP contribution in [0.25, 0.3) is 11.4 Å². The molecule has 0 aromatic carbocycles. The third-order valence-corrected chi connectivity index (χ3v) is 3.09. The summed E-state index contributed by atoms with van der Waals surface area (Å²) in [5, 5.41) is 3.91. The van der Waals surface area contributed by atoms with Gasteiger partial charge in [0.1, 0.15) is 6.26 Å². The summed E-state index contributed by atoms with van der Waals surface area (Å²) in [4.78, 5) is 4.32. The van der Waals surface area contributed by atoms with Gasteiger partial charge in [0.05, 0.1) is 17.4 Å². The van der Waals surface area contributed by atoms with Crippen LogP contribution in [0, 0.1) is 5.92 Å². The van der Waals surface area contributed by atoms with E-state index in [2.05, 4.69) is 10.1 Å². The van der Waals surface area contributed by atoms with Gasteiger partial charge in [-0.25, -0.2) is 0 Å². The number of rotatable bonds is 3. The molecule has 0 amide bonds. The van der Waals surface area contributed by atoms with Crippen LogP contribution in [0.15, 0.2) is 27.5 Å². The lowest BCUT2D eigenvalue weighted by molar-refractivity contribution is 0.273. The van der Waals surface area contributed by atoms with Crippen molar-refractivity contribution in [3.63, 3.8) is 0 Å². The first-order valence-corrected chi connectivity index (χ1v) is 5.33. The SMILES string of the molecule is CC(N)(c1nc(-c2ccoc2)no1)C1CC1. The minimum Gasteiger partial charge on any atom is -0.472 e. The molecule has 2 aromatic heterocycles. The average Bonchev–Trinajstić information content (AvgIpc) is 2.82. The standard InChI is InChI=1S/C11H13N3O2/c1-11(12,8-2-3-8)10-13-9(14-16-10)7-4-5-15-6-7/h4-6,8H,2-3,12H2,1H3. The first-order valence-electron chi connectivity index (χ1n) is 5.33. The van der Waals surface area contributed by atoms with Crippen LogP contribution in [-0.4, -0.2) is 10.1 Å². The van der Waals surface area contributed by atoms with Crippen LogP contribution < -0.4 is 5.73 Å². The zero-order valence-corrected chi connectivity index (χ0v) is 9.01. The second-order valence-corrected chi connectivity index (χ2v) is 4.49. The largest absolute Gasteiger partial charge is 0.472 e. The second-order valence-electron chi connectivity index (χ2n) is 4.49. The first-order chi connectivity index (χ1) is 7.68. The van der Waals surface area contributed by atoms with Gasteiger partial charge in [0.25, 0.3) is 0 Å². The average molecular weight is 219 g/mol. The van der Waals surface area contributed by atoms with Gasteiger partial charge in [-0.3, -0.25) is 0 Å². The third kappa shape index (κ3) is 1.44. The summed E-state index contributed by atoms with van der Waals surface area (Å²) < 4.78 is 10.2. The lowest BCUT2D eigenvalue weighted by atomic mass is 9.97. The fourth-order valence-electron chi connectivity index (χ4n) is 1.81. The molecular formula is C11H13N3O2. The highest BCUT2D eigenvalue weighted by atomic mass is 16.5. The van der Waals surface area contributed by atoms with Crippen molar-refractivity contribution >= 4 is 0 Å². The summed E-state index contributed by atoms with van der Waals surface area (Å²) in [5.41, 5.74) is 6.49. The van der Waals surface area contributed by atoms with Gasteiger partial charge in [-0.15, -0.1) is 0 Å². The van der Waals surface area contributed by atoms with E-state index in [4.69, 9.17) is 14.7 Å². The summed E-state index contributed by atoms with van der Waals surface area (Å²) in [7, 11) is 0. The van der Waals surface area contributed by atoms with Gasteiger partial charge in [0.2, 0.25) is 11.7 Å². The van der Waals surface area contributed by atoms with Gasteiger partial charge in [0, 0.05) is 0 Å². The molecule has 3 rings (SSSR count). The minimum atomic E-state index is -0.505. The summed E-state index contributed by atoms with van der Waals surface area (Å²) in [5.74, 6) is 1.50. The van der Waals surface area contributed by atoms with E-state index in [-0.39, 0.29) is 0 Å². The van der Waals surface area contributed by atoms with Gasteiger partial charge in [-0.2, -0.15) is 4.98 Å². The fraction of sp³-hybridized carbons (Fsp3) is 0.455. The number of aromatic nitrogens is 2. The van der Waals surface area contributed by atoms with Gasteiger partial charge >= 0.3 is 0 Å². The number of nitrogens with two attached hydrogens (primary N) is 1. The molecule has 0 spiro atoms. The molecule has 2 aromatic rings. The molecule has 0 aliphatic heterocycles. The summed E-state index contributed by atoms with van der Waals surface area (Å²) in [6.45, 7) is 1.94. The van der Waals surface area contributed by atoms with Crippen molar-refractivity contribution in [2.45, 2.75) is 25.3 Å². The van der Waals surface area contributed by atoms with Crippen LogP contribution in [-0.2, 0) is 5.54 Å². The zero-order valence-electron chi connectivity index (χ0n) is 9.01. The number of furan rings is 1. The lowest BCUT2D eigenvalue weighted by Crippen LogP contribution is -2.35. The Labute approximate surface area is 92.6 Å². The molecule has 16 heavy (non-hydrogen) atoms. The quantitative estimate of drug-likeness (QED) is 0.853. The monoisotopic (exact) mass is 219 g/mol. The molecule has 5 nitrogen and oxygen atoms in total. The van der Waals surface area contributed by atoms with Crippen LogP contribution in [0.4, 0.5) is 0 Å². The molecule has 84 valence electrons. The van der Waals surface area contributed by atoms with E-state index >= 15 is 0 Å². The van der Waals surface area contributed by atoms with Crippen LogP contribution in [0.1, 0.15) is 25.7 Å². The molecule has 0 radical (unpaired) electrons. The number of hydrogen-bond donors (Lipinski definition) is 1. The maximum Gasteiger partial charge on any atom is 0.247 e. The predicted octanol–water partition coefficient (Wildman–Crippen LogP) is 1.91. The Morgan fingerprint density at radius 3 is 2.94 bits per heavy atom. The van der Waals surface area contributed by atoms with Crippen molar-refractivity contribution < 1.29 is 8.94 Å². The van der Waals surface area contributed by atoms with E-state index in [1.165, 1.54) is 0 Å². The maximum atomic E-state index is 6.19. The van der Waals surface area contributed by atoms with Crippen LogP contribution in [0.5, 0.6) is 0 Å². The van der Waals surface area contributed by atoms with Crippen molar-refractivity contribution in [1.82, 2.24) is 10.1 Å². The molecule has 1 aliphatic carbocycles. The predicted molar refractivity (Wildman–Crippen MR) is 56.3 cm³/mol. The minimum absolute atomic E-state index is 0.463. The van der Waals surface area contributed by atoms with Crippen molar-refractivity contribution in [3.8, 4) is 11.4 Å². The highest BCUT2D eigenvalue weighted by Gasteiger charge is 2.43. The van der Waals surface area contributed by atoms with E-state index < -0.39 is 5.54 Å². The van der Waals surface area contributed by atoms with Crippen molar-refractivity contribution in [2.75, 3.05) is 0 Å². The van der Waals surface area contributed by atoms with Gasteiger partial charge in [-0.05, 0) is 31.7 Å². The van der Waals surface area contributed by atoms with E-state index in [0.717, 1.165) is 18.4 Å². The molecule has 1 saturated carbocycles. The maximum absolute atomic E-state index is 6.19. The number of hydrogen-bond acceptors (Lipinski definition) is 5. The van der Waals surface area contributed by atoms with Crippen molar-refractivity contribution in [3.05, 3.63) is 24.5 Å². The Morgan fingerprint density at radius 2 is 2.31 bits per heavy atom. The molecule has 0 saturated heterocycles. The molecule has 2 heterocycles. The molecular weight excluding hydrogens is 206 g/mol. The Morgan fingerprint density at radius 1 is 1.50 bits per heavy atom. The molecule has 5 heteroatoms.